The average Bonchev–Trinajstić information content (AvgIpc) is 3.33. The molecule has 2 aromatic carbocycles. The zero-order chi connectivity index (χ0) is 29.2. The molecule has 206 valence electrons. The molecule has 1 aliphatic rings. The Bertz CT molecular complexity index is 1890. The monoisotopic (exact) mass is 581 g/mol. The van der Waals surface area contributed by atoms with Crippen LogP contribution in [0, 0.1) is 18.3 Å². The van der Waals surface area contributed by atoms with Crippen LogP contribution >= 0.6 is 0 Å². The lowest BCUT2D eigenvalue weighted by atomic mass is 10.1. The summed E-state index contributed by atoms with van der Waals surface area (Å²) >= 11 is 0. The van der Waals surface area contributed by atoms with Gasteiger partial charge in [-0.05, 0) is 67.6 Å². The van der Waals surface area contributed by atoms with Crippen molar-refractivity contribution in [2.24, 2.45) is 5.10 Å². The molecule has 0 saturated carbocycles. The maximum atomic E-state index is 13.0. The van der Waals surface area contributed by atoms with E-state index in [0.717, 1.165) is 17.5 Å². The summed E-state index contributed by atoms with van der Waals surface area (Å²) in [5.41, 5.74) is 1.80. The lowest BCUT2D eigenvalue weighted by Crippen LogP contribution is -2.21. The van der Waals surface area contributed by atoms with Gasteiger partial charge in [0.05, 0.1) is 35.0 Å². The molecule has 2 heterocycles. The van der Waals surface area contributed by atoms with Crippen LogP contribution in [0.25, 0.3) is 11.8 Å². The van der Waals surface area contributed by atoms with Crippen molar-refractivity contribution in [2.75, 3.05) is 27.0 Å². The third-order valence-corrected chi connectivity index (χ3v) is 6.68. The van der Waals surface area contributed by atoms with Gasteiger partial charge in [0, 0.05) is 17.1 Å². The summed E-state index contributed by atoms with van der Waals surface area (Å²) in [4.78, 5) is 26.0. The van der Waals surface area contributed by atoms with Gasteiger partial charge in [0.25, 0.3) is 11.5 Å². The number of hydrogen-bond donors (Lipinski definition) is 3. The van der Waals surface area contributed by atoms with Gasteiger partial charge in [-0.3, -0.25) is 24.1 Å². The summed E-state index contributed by atoms with van der Waals surface area (Å²) in [6.45, 7) is 1.69. The number of anilines is 3. The van der Waals surface area contributed by atoms with Crippen molar-refractivity contribution in [2.45, 2.75) is 6.92 Å². The fraction of sp³-hybridized carbons (Fsp3) is 0.120. The van der Waals surface area contributed by atoms with Gasteiger partial charge in [-0.1, -0.05) is 6.08 Å². The molecule has 0 fully saturated rings. The van der Waals surface area contributed by atoms with Crippen molar-refractivity contribution < 1.29 is 21.6 Å². The van der Waals surface area contributed by atoms with Crippen LogP contribution in [0.5, 0.6) is 0 Å². The second-order valence-corrected chi connectivity index (χ2v) is 12.2. The van der Waals surface area contributed by atoms with Crippen molar-refractivity contribution in [1.82, 2.24) is 9.78 Å². The number of rotatable bonds is 8. The lowest BCUT2D eigenvalue weighted by molar-refractivity contribution is -0.114. The predicted octanol–water partition coefficient (Wildman–Crippen LogP) is 2.08. The number of aromatic nitrogens is 2. The molecule has 1 aromatic heterocycles. The summed E-state index contributed by atoms with van der Waals surface area (Å²) < 4.78 is 51.6. The molecule has 1 amide bonds. The minimum absolute atomic E-state index is 0.0135. The Balaban J connectivity index is 1.55. The number of aromatic amines is 1. The lowest BCUT2D eigenvalue weighted by Gasteiger charge is -2.12. The first-order chi connectivity index (χ1) is 18.8. The highest BCUT2D eigenvalue weighted by atomic mass is 32.2. The molecule has 0 bridgehead atoms. The van der Waals surface area contributed by atoms with E-state index in [1.165, 1.54) is 59.3 Å². The van der Waals surface area contributed by atoms with E-state index in [-0.39, 0.29) is 16.8 Å². The Hall–Kier alpha value is -4.94. The summed E-state index contributed by atoms with van der Waals surface area (Å²) in [5.74, 6) is -0.573. The van der Waals surface area contributed by atoms with E-state index >= 15 is 0 Å². The van der Waals surface area contributed by atoms with Crippen LogP contribution in [0.3, 0.4) is 0 Å². The molecule has 3 N–H and O–H groups in total. The SMILES string of the molecule is Cc1[nH]n(-c2ccc(NS(C)(=O)=O)cc2)c(=O)c1C=CC=C1C(=O)N(c2ccc(NS(C)(=O)=O)cc2)N=C1C#N. The van der Waals surface area contributed by atoms with Gasteiger partial charge in [-0.25, -0.2) is 21.5 Å². The number of carbonyl (C=O) groups excluding carboxylic acids is 1. The van der Waals surface area contributed by atoms with Crippen LogP contribution in [0.1, 0.15) is 11.3 Å². The molecule has 4 rings (SSSR count). The zero-order valence-corrected chi connectivity index (χ0v) is 23.0. The van der Waals surface area contributed by atoms with Crippen molar-refractivity contribution in [3.8, 4) is 11.8 Å². The fourth-order valence-corrected chi connectivity index (χ4v) is 4.91. The first kappa shape index (κ1) is 28.1. The molecule has 15 heteroatoms. The topological polar surface area (TPSA) is 187 Å². The Morgan fingerprint density at radius 1 is 0.900 bits per heavy atom. The summed E-state index contributed by atoms with van der Waals surface area (Å²) in [6, 6.07) is 14.0. The third kappa shape index (κ3) is 6.37. The third-order valence-electron chi connectivity index (χ3n) is 5.47. The van der Waals surface area contributed by atoms with E-state index in [1.54, 1.807) is 19.1 Å². The van der Waals surface area contributed by atoms with E-state index < -0.39 is 26.0 Å². The van der Waals surface area contributed by atoms with Crippen molar-refractivity contribution in [3.63, 3.8) is 0 Å². The maximum absolute atomic E-state index is 13.0. The van der Waals surface area contributed by atoms with Crippen LogP contribution in [0.2, 0.25) is 0 Å². The molecule has 40 heavy (non-hydrogen) atoms. The number of nitrogens with one attached hydrogen (secondary N) is 3. The number of hydrogen-bond acceptors (Lipinski definition) is 8. The number of hydrazone groups is 1. The largest absolute Gasteiger partial charge is 0.295 e. The average molecular weight is 582 g/mol. The molecule has 0 saturated heterocycles. The number of aryl methyl sites for hydroxylation is 1. The minimum Gasteiger partial charge on any atom is -0.295 e. The van der Waals surface area contributed by atoms with Crippen LogP contribution in [-0.4, -0.2) is 50.7 Å². The molecule has 1 aliphatic heterocycles. The molecule has 0 unspecified atom stereocenters. The van der Waals surface area contributed by atoms with Crippen LogP contribution in [0.4, 0.5) is 17.1 Å². The van der Waals surface area contributed by atoms with E-state index in [0.29, 0.717) is 34.0 Å². The van der Waals surface area contributed by atoms with Gasteiger partial charge in [-0.2, -0.15) is 15.4 Å². The van der Waals surface area contributed by atoms with Gasteiger partial charge in [0.2, 0.25) is 20.0 Å². The number of nitriles is 1. The maximum Gasteiger partial charge on any atom is 0.281 e. The number of carbonyl (C=O) groups is 1. The highest BCUT2D eigenvalue weighted by Gasteiger charge is 2.31. The van der Waals surface area contributed by atoms with E-state index in [1.807, 2.05) is 6.07 Å². The Morgan fingerprint density at radius 2 is 1.43 bits per heavy atom. The highest BCUT2D eigenvalue weighted by Crippen LogP contribution is 2.25. The summed E-state index contributed by atoms with van der Waals surface area (Å²) in [5, 5.41) is 17.5. The Labute approximate surface area is 229 Å². The molecule has 0 atom stereocenters. The van der Waals surface area contributed by atoms with Crippen molar-refractivity contribution in [3.05, 3.63) is 87.9 Å². The van der Waals surface area contributed by atoms with Crippen molar-refractivity contribution >= 4 is 54.8 Å². The summed E-state index contributed by atoms with van der Waals surface area (Å²) in [6.07, 6.45) is 6.39. The Morgan fingerprint density at radius 3 is 1.93 bits per heavy atom. The normalized spacial score (nSPS) is 14.9. The van der Waals surface area contributed by atoms with Crippen LogP contribution < -0.4 is 20.0 Å². The van der Waals surface area contributed by atoms with Gasteiger partial charge < -0.3 is 0 Å². The number of amides is 1. The first-order valence-electron chi connectivity index (χ1n) is 11.5. The van der Waals surface area contributed by atoms with Gasteiger partial charge in [0.15, 0.2) is 5.71 Å². The molecular weight excluding hydrogens is 558 g/mol. The van der Waals surface area contributed by atoms with Gasteiger partial charge in [0.1, 0.15) is 6.07 Å². The number of sulfonamides is 2. The zero-order valence-electron chi connectivity index (χ0n) is 21.4. The molecule has 3 aromatic rings. The second-order valence-electron chi connectivity index (χ2n) is 8.75. The molecule has 13 nitrogen and oxygen atoms in total. The van der Waals surface area contributed by atoms with E-state index in [9.17, 15) is 31.7 Å². The molecule has 0 aliphatic carbocycles. The van der Waals surface area contributed by atoms with Crippen LogP contribution in [0.15, 0.2) is 76.2 Å². The van der Waals surface area contributed by atoms with E-state index in [2.05, 4.69) is 19.6 Å². The smallest absolute Gasteiger partial charge is 0.281 e. The fourth-order valence-electron chi connectivity index (χ4n) is 3.78. The molecular formula is C25H23N7O6S2. The quantitative estimate of drug-likeness (QED) is 0.340. The first-order valence-corrected chi connectivity index (χ1v) is 15.2. The van der Waals surface area contributed by atoms with Crippen molar-refractivity contribution in [1.29, 1.82) is 5.26 Å². The van der Waals surface area contributed by atoms with Crippen LogP contribution in [-0.2, 0) is 24.8 Å². The number of benzene rings is 2. The minimum atomic E-state index is -3.47. The predicted molar refractivity (Wildman–Crippen MR) is 152 cm³/mol. The number of H-pyrrole nitrogens is 1. The number of allylic oxidation sites excluding steroid dienone is 2. The Kier molecular flexibility index (Phi) is 7.49. The van der Waals surface area contributed by atoms with Gasteiger partial charge in [-0.15, -0.1) is 0 Å². The highest BCUT2D eigenvalue weighted by molar-refractivity contribution is 7.92. The summed E-state index contributed by atoms with van der Waals surface area (Å²) in [7, 11) is -6.91. The van der Waals surface area contributed by atoms with Gasteiger partial charge >= 0.3 is 0 Å². The standard InChI is InChI=1S/C25H23N7O6S2/c1-16-21(24(33)31(27-16)19-11-7-17(8-12-19)29-39(2,35)36)5-4-6-22-23(15-26)28-32(25(22)34)20-13-9-18(10-14-20)30-40(3,37)38/h4-14,27,29-30H,1-3H3. The molecule has 0 spiro atoms. The molecule has 0 radical (unpaired) electrons. The van der Waals surface area contributed by atoms with E-state index in [4.69, 9.17) is 0 Å². The number of nitrogens with zero attached hydrogens (tertiary/aromatic N) is 4. The second kappa shape index (κ2) is 10.7.